The Bertz CT molecular complexity index is 1370. The van der Waals surface area contributed by atoms with Crippen LogP contribution in [0.5, 0.6) is 0 Å². The summed E-state index contributed by atoms with van der Waals surface area (Å²) in [6.45, 7) is 0. The van der Waals surface area contributed by atoms with Crippen LogP contribution in [0.2, 0.25) is 5.02 Å². The van der Waals surface area contributed by atoms with E-state index in [4.69, 9.17) is 16.0 Å². The highest BCUT2D eigenvalue weighted by molar-refractivity contribution is 7.19. The molecule has 0 bridgehead atoms. The molecule has 5 rings (SSSR count). The van der Waals surface area contributed by atoms with E-state index in [1.807, 2.05) is 48.5 Å². The molecule has 3 heterocycles. The van der Waals surface area contributed by atoms with Crippen molar-refractivity contribution in [1.82, 2.24) is 19.8 Å². The Morgan fingerprint density at radius 3 is 2.81 bits per heavy atom. The molecule has 0 saturated carbocycles. The minimum absolute atomic E-state index is 0.264. The Balaban J connectivity index is 1.27. The number of fused-ring (bicyclic) bond motifs is 1. The maximum Gasteiger partial charge on any atom is 0.248 e. The second-order valence-corrected chi connectivity index (χ2v) is 7.97. The number of aromatic nitrogens is 4. The zero-order valence-electron chi connectivity index (χ0n) is 15.9. The molecular formula is C22H14ClN5O2S. The molecule has 0 aliphatic carbocycles. The highest BCUT2D eigenvalue weighted by Crippen LogP contribution is 2.27. The van der Waals surface area contributed by atoms with Crippen molar-refractivity contribution in [2.75, 3.05) is 5.32 Å². The first-order chi connectivity index (χ1) is 15.1. The number of hydrogen-bond donors (Lipinski definition) is 1. The van der Waals surface area contributed by atoms with Crippen LogP contribution in [-0.4, -0.2) is 25.7 Å². The molecule has 5 aromatic rings. The lowest BCUT2D eigenvalue weighted by atomic mass is 10.2. The van der Waals surface area contributed by atoms with Crippen LogP contribution < -0.4 is 5.32 Å². The zero-order chi connectivity index (χ0) is 21.2. The van der Waals surface area contributed by atoms with Crippen molar-refractivity contribution in [1.29, 1.82) is 0 Å². The molecule has 1 amide bonds. The molecule has 0 unspecified atom stereocenters. The van der Waals surface area contributed by atoms with Crippen LogP contribution in [0.3, 0.4) is 0 Å². The zero-order valence-corrected chi connectivity index (χ0v) is 17.5. The van der Waals surface area contributed by atoms with Crippen LogP contribution in [0.4, 0.5) is 5.69 Å². The van der Waals surface area contributed by atoms with Crippen LogP contribution in [-0.2, 0) is 4.79 Å². The number of carbonyl (C=O) groups excluding carboxylic acids is 1. The number of nitrogens with one attached hydrogen (secondary N) is 1. The normalized spacial score (nSPS) is 11.4. The smallest absolute Gasteiger partial charge is 0.248 e. The van der Waals surface area contributed by atoms with Gasteiger partial charge in [0, 0.05) is 27.9 Å². The van der Waals surface area contributed by atoms with E-state index in [2.05, 4.69) is 20.6 Å². The third-order valence-corrected chi connectivity index (χ3v) is 5.63. The summed E-state index contributed by atoms with van der Waals surface area (Å²) in [7, 11) is 0. The van der Waals surface area contributed by atoms with E-state index in [1.54, 1.807) is 29.1 Å². The average molecular weight is 448 g/mol. The first-order valence-electron chi connectivity index (χ1n) is 9.26. The lowest BCUT2D eigenvalue weighted by Gasteiger charge is -2.03. The maximum absolute atomic E-state index is 12.4. The van der Waals surface area contributed by atoms with Crippen LogP contribution in [0.25, 0.3) is 32.9 Å². The monoisotopic (exact) mass is 447 g/mol. The number of hydrogen-bond acceptors (Lipinski definition) is 6. The summed E-state index contributed by atoms with van der Waals surface area (Å²) in [5.41, 5.74) is 2.46. The Morgan fingerprint density at radius 1 is 1.10 bits per heavy atom. The standard InChI is InChI=1S/C22H14ClN5O2S/c23-16-6-4-14(5-7-16)19-10-8-18(30-19)9-11-20(29)25-17-3-1-2-15(12-17)21-27-28-13-24-26-22(28)31-21/h1-13H,(H,25,29). The van der Waals surface area contributed by atoms with Gasteiger partial charge in [0.1, 0.15) is 22.9 Å². The summed E-state index contributed by atoms with van der Waals surface area (Å²) in [5.74, 6) is 1.02. The number of halogens is 1. The summed E-state index contributed by atoms with van der Waals surface area (Å²) in [6, 6.07) is 18.5. The number of nitrogens with zero attached hydrogens (tertiary/aromatic N) is 4. The number of carbonyl (C=O) groups is 1. The van der Waals surface area contributed by atoms with E-state index in [1.165, 1.54) is 17.4 Å². The van der Waals surface area contributed by atoms with Gasteiger partial charge < -0.3 is 9.73 Å². The van der Waals surface area contributed by atoms with E-state index in [0.717, 1.165) is 16.1 Å². The lowest BCUT2D eigenvalue weighted by Crippen LogP contribution is -2.07. The van der Waals surface area contributed by atoms with Crippen LogP contribution in [0.15, 0.2) is 77.5 Å². The van der Waals surface area contributed by atoms with Gasteiger partial charge in [-0.1, -0.05) is 35.1 Å². The Morgan fingerprint density at radius 2 is 1.97 bits per heavy atom. The highest BCUT2D eigenvalue weighted by Gasteiger charge is 2.09. The summed E-state index contributed by atoms with van der Waals surface area (Å²) in [5, 5.41) is 16.5. The van der Waals surface area contributed by atoms with Crippen molar-refractivity contribution < 1.29 is 9.21 Å². The fraction of sp³-hybridized carbons (Fsp3) is 0. The van der Waals surface area contributed by atoms with Gasteiger partial charge in [-0.15, -0.1) is 10.2 Å². The average Bonchev–Trinajstić information content (AvgIpc) is 3.49. The molecule has 3 aromatic heterocycles. The number of rotatable bonds is 5. The van der Waals surface area contributed by atoms with E-state index in [9.17, 15) is 4.79 Å². The van der Waals surface area contributed by atoms with E-state index >= 15 is 0 Å². The minimum Gasteiger partial charge on any atom is -0.457 e. The quantitative estimate of drug-likeness (QED) is 0.364. The van der Waals surface area contributed by atoms with Crippen molar-refractivity contribution in [3.8, 4) is 21.9 Å². The molecule has 0 saturated heterocycles. The van der Waals surface area contributed by atoms with Gasteiger partial charge in [-0.2, -0.15) is 9.61 Å². The number of anilines is 1. The molecule has 0 aliphatic heterocycles. The highest BCUT2D eigenvalue weighted by atomic mass is 35.5. The summed E-state index contributed by atoms with van der Waals surface area (Å²) in [6.07, 6.45) is 4.61. The molecule has 0 radical (unpaired) electrons. The molecular weight excluding hydrogens is 434 g/mol. The van der Waals surface area contributed by atoms with Gasteiger partial charge in [-0.3, -0.25) is 4.79 Å². The third-order valence-electron chi connectivity index (χ3n) is 4.42. The van der Waals surface area contributed by atoms with Crippen LogP contribution in [0, 0.1) is 0 Å². The second kappa shape index (κ2) is 8.17. The Labute approximate surface area is 185 Å². The topological polar surface area (TPSA) is 85.3 Å². The summed E-state index contributed by atoms with van der Waals surface area (Å²) in [4.78, 5) is 13.1. The van der Waals surface area contributed by atoms with Gasteiger partial charge in [-0.05, 0) is 54.6 Å². The molecule has 152 valence electrons. The van der Waals surface area contributed by atoms with E-state index in [0.29, 0.717) is 27.2 Å². The molecule has 1 N–H and O–H groups in total. The van der Waals surface area contributed by atoms with Crippen molar-refractivity contribution in [2.45, 2.75) is 0 Å². The minimum atomic E-state index is -0.264. The number of amides is 1. The van der Waals surface area contributed by atoms with Gasteiger partial charge in [0.25, 0.3) is 0 Å². The fourth-order valence-electron chi connectivity index (χ4n) is 2.96. The lowest BCUT2D eigenvalue weighted by molar-refractivity contribution is -0.111. The molecule has 2 aromatic carbocycles. The predicted molar refractivity (Wildman–Crippen MR) is 121 cm³/mol. The van der Waals surface area contributed by atoms with Crippen LogP contribution in [0.1, 0.15) is 5.76 Å². The van der Waals surface area contributed by atoms with Gasteiger partial charge >= 0.3 is 0 Å². The molecule has 31 heavy (non-hydrogen) atoms. The first kappa shape index (κ1) is 19.2. The predicted octanol–water partition coefficient (Wildman–Crippen LogP) is 5.42. The number of benzene rings is 2. The van der Waals surface area contributed by atoms with Crippen molar-refractivity contribution in [3.63, 3.8) is 0 Å². The maximum atomic E-state index is 12.4. The molecule has 0 fully saturated rings. The fourth-order valence-corrected chi connectivity index (χ4v) is 3.90. The molecule has 9 heteroatoms. The van der Waals surface area contributed by atoms with Crippen molar-refractivity contribution in [2.24, 2.45) is 0 Å². The number of furan rings is 1. The largest absolute Gasteiger partial charge is 0.457 e. The summed E-state index contributed by atoms with van der Waals surface area (Å²) < 4.78 is 7.40. The van der Waals surface area contributed by atoms with Crippen LogP contribution >= 0.6 is 22.9 Å². The van der Waals surface area contributed by atoms with E-state index < -0.39 is 0 Å². The SMILES string of the molecule is O=C(C=Cc1ccc(-c2ccc(Cl)cc2)o1)Nc1cccc(-c2nn3cnnc3s2)c1. The van der Waals surface area contributed by atoms with Crippen molar-refractivity contribution >= 4 is 45.6 Å². The van der Waals surface area contributed by atoms with E-state index in [-0.39, 0.29) is 5.91 Å². The molecule has 0 spiro atoms. The van der Waals surface area contributed by atoms with Gasteiger partial charge in [0.15, 0.2) is 0 Å². The van der Waals surface area contributed by atoms with Gasteiger partial charge in [0.05, 0.1) is 0 Å². The Kier molecular flexibility index (Phi) is 5.07. The Hall–Kier alpha value is -3.75. The van der Waals surface area contributed by atoms with Gasteiger partial charge in [-0.25, -0.2) is 0 Å². The molecule has 0 aliphatic rings. The molecule has 7 nitrogen and oxygen atoms in total. The first-order valence-corrected chi connectivity index (χ1v) is 10.5. The van der Waals surface area contributed by atoms with Crippen molar-refractivity contribution in [3.05, 3.63) is 83.8 Å². The third kappa shape index (κ3) is 4.25. The molecule has 0 atom stereocenters. The van der Waals surface area contributed by atoms with Gasteiger partial charge in [0.2, 0.25) is 10.9 Å². The second-order valence-electron chi connectivity index (χ2n) is 6.58. The summed E-state index contributed by atoms with van der Waals surface area (Å²) >= 11 is 7.34.